The molecule has 2 aromatic rings. The van der Waals surface area contributed by atoms with Gasteiger partial charge in [0.15, 0.2) is 0 Å². The third-order valence-corrected chi connectivity index (χ3v) is 5.01. The molecular weight excluding hydrogens is 312 g/mol. The zero-order valence-corrected chi connectivity index (χ0v) is 13.6. The first-order chi connectivity index (χ1) is 11.3. The number of ether oxygens (including phenoxy) is 1. The predicted molar refractivity (Wildman–Crippen MR) is 90.1 cm³/mol. The molecule has 1 atom stereocenters. The highest BCUT2D eigenvalue weighted by atomic mass is 32.1. The summed E-state index contributed by atoms with van der Waals surface area (Å²) in [6.07, 6.45) is 0.738. The molecule has 0 radical (unpaired) electrons. The van der Waals surface area contributed by atoms with Crippen LogP contribution in [0.3, 0.4) is 0 Å². The van der Waals surface area contributed by atoms with Gasteiger partial charge in [-0.2, -0.15) is 16.3 Å². The SMILES string of the molecule is OC1CN(c2nc(NCc3ccsc3)cc([C@H]3CCOC3)n2)C1. The van der Waals surface area contributed by atoms with E-state index in [4.69, 9.17) is 9.72 Å². The molecule has 2 aromatic heterocycles. The molecule has 0 aliphatic carbocycles. The number of aliphatic hydroxyl groups is 1. The van der Waals surface area contributed by atoms with Gasteiger partial charge in [0.2, 0.25) is 5.95 Å². The van der Waals surface area contributed by atoms with E-state index in [9.17, 15) is 5.11 Å². The van der Waals surface area contributed by atoms with Crippen LogP contribution in [0.25, 0.3) is 0 Å². The van der Waals surface area contributed by atoms with Crippen LogP contribution < -0.4 is 10.2 Å². The van der Waals surface area contributed by atoms with Gasteiger partial charge in [0.1, 0.15) is 5.82 Å². The monoisotopic (exact) mass is 332 g/mol. The van der Waals surface area contributed by atoms with Crippen LogP contribution in [-0.2, 0) is 11.3 Å². The molecule has 2 saturated heterocycles. The summed E-state index contributed by atoms with van der Waals surface area (Å²) >= 11 is 1.69. The van der Waals surface area contributed by atoms with E-state index in [1.165, 1.54) is 5.56 Å². The number of nitrogens with one attached hydrogen (secondary N) is 1. The molecule has 2 fully saturated rings. The molecule has 7 heteroatoms. The summed E-state index contributed by atoms with van der Waals surface area (Å²) in [6, 6.07) is 4.14. The van der Waals surface area contributed by atoms with Gasteiger partial charge in [-0.3, -0.25) is 0 Å². The fraction of sp³-hybridized carbons (Fsp3) is 0.500. The van der Waals surface area contributed by atoms with Crippen molar-refractivity contribution in [2.75, 3.05) is 36.5 Å². The summed E-state index contributed by atoms with van der Waals surface area (Å²) in [6.45, 7) is 3.49. The molecule has 0 aromatic carbocycles. The maximum atomic E-state index is 9.53. The Morgan fingerprint density at radius 2 is 2.30 bits per heavy atom. The van der Waals surface area contributed by atoms with Crippen molar-refractivity contribution >= 4 is 23.1 Å². The Morgan fingerprint density at radius 1 is 1.39 bits per heavy atom. The summed E-state index contributed by atoms with van der Waals surface area (Å²) in [7, 11) is 0. The highest BCUT2D eigenvalue weighted by Gasteiger charge is 2.28. The standard InChI is InChI=1S/C16H20N4O2S/c21-13-7-20(8-13)16-18-14(12-1-3-22-9-12)5-15(19-16)17-6-11-2-4-23-10-11/h2,4-5,10,12-13,21H,1,3,6-9H2,(H,17,18,19)/t12-/m0/s1. The quantitative estimate of drug-likeness (QED) is 0.871. The molecule has 23 heavy (non-hydrogen) atoms. The van der Waals surface area contributed by atoms with Crippen molar-refractivity contribution in [3.05, 3.63) is 34.2 Å². The number of hydrogen-bond acceptors (Lipinski definition) is 7. The van der Waals surface area contributed by atoms with E-state index in [2.05, 4.69) is 27.1 Å². The maximum Gasteiger partial charge on any atom is 0.227 e. The second-order valence-corrected chi connectivity index (χ2v) is 6.86. The summed E-state index contributed by atoms with van der Waals surface area (Å²) < 4.78 is 5.49. The van der Waals surface area contributed by atoms with E-state index in [0.29, 0.717) is 25.0 Å². The highest BCUT2D eigenvalue weighted by Crippen LogP contribution is 2.28. The van der Waals surface area contributed by atoms with Gasteiger partial charge < -0.3 is 20.1 Å². The molecule has 122 valence electrons. The average Bonchev–Trinajstić information content (AvgIpc) is 3.22. The van der Waals surface area contributed by atoms with Crippen LogP contribution in [0.1, 0.15) is 23.6 Å². The van der Waals surface area contributed by atoms with Crippen LogP contribution in [0.5, 0.6) is 0 Å². The molecule has 2 aliphatic rings. The lowest BCUT2D eigenvalue weighted by atomic mass is 10.0. The Labute approximate surface area is 139 Å². The van der Waals surface area contributed by atoms with Crippen LogP contribution >= 0.6 is 11.3 Å². The normalized spacial score (nSPS) is 21.4. The molecule has 2 aliphatic heterocycles. The third-order valence-electron chi connectivity index (χ3n) is 4.28. The fourth-order valence-corrected chi connectivity index (χ4v) is 3.53. The zero-order valence-electron chi connectivity index (χ0n) is 12.8. The van der Waals surface area contributed by atoms with E-state index < -0.39 is 0 Å². The van der Waals surface area contributed by atoms with Crippen molar-refractivity contribution in [3.63, 3.8) is 0 Å². The molecule has 0 bridgehead atoms. The van der Waals surface area contributed by atoms with Crippen LogP contribution in [0.2, 0.25) is 0 Å². The molecule has 0 amide bonds. The lowest BCUT2D eigenvalue weighted by Gasteiger charge is -2.36. The molecule has 0 unspecified atom stereocenters. The van der Waals surface area contributed by atoms with Crippen molar-refractivity contribution in [2.45, 2.75) is 25.0 Å². The Hall–Kier alpha value is -1.70. The number of anilines is 2. The predicted octanol–water partition coefficient (Wildman–Crippen LogP) is 1.83. The first kappa shape index (κ1) is 14.9. The van der Waals surface area contributed by atoms with Gasteiger partial charge in [0.05, 0.1) is 18.4 Å². The third kappa shape index (κ3) is 3.31. The topological polar surface area (TPSA) is 70.5 Å². The maximum absolute atomic E-state index is 9.53. The number of nitrogens with zero attached hydrogens (tertiary/aromatic N) is 3. The Bertz CT molecular complexity index is 652. The Morgan fingerprint density at radius 3 is 3.00 bits per heavy atom. The second kappa shape index (κ2) is 6.43. The molecule has 6 nitrogen and oxygen atoms in total. The molecule has 2 N–H and O–H groups in total. The van der Waals surface area contributed by atoms with Gasteiger partial charge in [-0.05, 0) is 28.8 Å². The number of hydrogen-bond donors (Lipinski definition) is 2. The van der Waals surface area contributed by atoms with E-state index in [0.717, 1.165) is 37.7 Å². The van der Waals surface area contributed by atoms with Crippen molar-refractivity contribution in [1.29, 1.82) is 0 Å². The van der Waals surface area contributed by atoms with E-state index in [-0.39, 0.29) is 6.10 Å². The Balaban J connectivity index is 1.55. The molecule has 0 saturated carbocycles. The van der Waals surface area contributed by atoms with Crippen molar-refractivity contribution in [2.24, 2.45) is 0 Å². The minimum atomic E-state index is -0.265. The summed E-state index contributed by atoms with van der Waals surface area (Å²) in [5.74, 6) is 1.88. The van der Waals surface area contributed by atoms with E-state index in [1.54, 1.807) is 11.3 Å². The summed E-state index contributed by atoms with van der Waals surface area (Å²) in [5.41, 5.74) is 2.28. The van der Waals surface area contributed by atoms with Crippen LogP contribution in [0.4, 0.5) is 11.8 Å². The van der Waals surface area contributed by atoms with Gasteiger partial charge in [0.25, 0.3) is 0 Å². The van der Waals surface area contributed by atoms with Gasteiger partial charge in [-0.15, -0.1) is 0 Å². The molecule has 0 spiro atoms. The van der Waals surface area contributed by atoms with Gasteiger partial charge in [-0.1, -0.05) is 0 Å². The minimum Gasteiger partial charge on any atom is -0.389 e. The molecular formula is C16H20N4O2S. The van der Waals surface area contributed by atoms with Gasteiger partial charge in [-0.25, -0.2) is 4.98 Å². The number of rotatable bonds is 5. The fourth-order valence-electron chi connectivity index (χ4n) is 2.87. The van der Waals surface area contributed by atoms with Crippen LogP contribution in [0, 0.1) is 0 Å². The van der Waals surface area contributed by atoms with Gasteiger partial charge in [0, 0.05) is 38.2 Å². The van der Waals surface area contributed by atoms with E-state index >= 15 is 0 Å². The first-order valence-electron chi connectivity index (χ1n) is 7.92. The highest BCUT2D eigenvalue weighted by molar-refractivity contribution is 7.07. The summed E-state index contributed by atoms with van der Waals surface area (Å²) in [4.78, 5) is 11.3. The number of β-amino-alcohol motifs (C(OH)–C–C–N with tert-alkyl or cyclic N) is 1. The summed E-state index contributed by atoms with van der Waals surface area (Å²) in [5, 5.41) is 17.1. The Kier molecular flexibility index (Phi) is 4.15. The first-order valence-corrected chi connectivity index (χ1v) is 8.87. The smallest absolute Gasteiger partial charge is 0.227 e. The number of aliphatic hydroxyl groups excluding tert-OH is 1. The second-order valence-electron chi connectivity index (χ2n) is 6.08. The van der Waals surface area contributed by atoms with Crippen LogP contribution in [0.15, 0.2) is 22.9 Å². The molecule has 4 rings (SSSR count). The largest absolute Gasteiger partial charge is 0.389 e. The average molecular weight is 332 g/mol. The number of thiophene rings is 1. The zero-order chi connectivity index (χ0) is 15.6. The number of aromatic nitrogens is 2. The van der Waals surface area contributed by atoms with Crippen molar-refractivity contribution in [1.82, 2.24) is 9.97 Å². The lowest BCUT2D eigenvalue weighted by Crippen LogP contribution is -2.51. The van der Waals surface area contributed by atoms with Crippen molar-refractivity contribution < 1.29 is 9.84 Å². The molecule has 4 heterocycles. The van der Waals surface area contributed by atoms with Crippen molar-refractivity contribution in [3.8, 4) is 0 Å². The van der Waals surface area contributed by atoms with E-state index in [1.807, 2.05) is 11.0 Å². The lowest BCUT2D eigenvalue weighted by molar-refractivity contribution is 0.140. The van der Waals surface area contributed by atoms with Gasteiger partial charge >= 0.3 is 0 Å². The minimum absolute atomic E-state index is 0.265. The van der Waals surface area contributed by atoms with Crippen LogP contribution in [-0.4, -0.2) is 47.5 Å².